The van der Waals surface area contributed by atoms with Crippen LogP contribution in [0.15, 0.2) is 43.0 Å². The van der Waals surface area contributed by atoms with Crippen LogP contribution in [0.4, 0.5) is 0 Å². The van der Waals surface area contributed by atoms with Crippen LogP contribution in [0.25, 0.3) is 0 Å². The molecule has 2 unspecified atom stereocenters. The summed E-state index contributed by atoms with van der Waals surface area (Å²) in [6.07, 6.45) is 2.66. The number of ether oxygens (including phenoxy) is 3. The molecule has 2 amide bonds. The van der Waals surface area contributed by atoms with E-state index in [0.29, 0.717) is 52.1 Å². The number of morpholine rings is 1. The third kappa shape index (κ3) is 5.18. The number of hydrogen-bond acceptors (Lipinski definition) is 8. The third-order valence-corrected chi connectivity index (χ3v) is 8.90. The van der Waals surface area contributed by atoms with E-state index in [-0.39, 0.29) is 25.0 Å². The first kappa shape index (κ1) is 28.7. The van der Waals surface area contributed by atoms with Crippen LogP contribution in [-0.2, 0) is 35.0 Å². The summed E-state index contributed by atoms with van der Waals surface area (Å²) >= 11 is 0. The maximum atomic E-state index is 14.5. The molecule has 0 saturated carbocycles. The van der Waals surface area contributed by atoms with Crippen LogP contribution >= 0.6 is 0 Å². The van der Waals surface area contributed by atoms with Crippen molar-refractivity contribution in [2.75, 3.05) is 59.2 Å². The first-order valence-corrected chi connectivity index (χ1v) is 14.5. The van der Waals surface area contributed by atoms with Gasteiger partial charge in [-0.15, -0.1) is 6.58 Å². The Morgan fingerprint density at radius 2 is 2.02 bits per heavy atom. The molecule has 1 aromatic rings. The van der Waals surface area contributed by atoms with E-state index in [1.807, 2.05) is 30.3 Å². The summed E-state index contributed by atoms with van der Waals surface area (Å²) in [4.78, 5) is 47.5. The average molecular weight is 556 g/mol. The van der Waals surface area contributed by atoms with Crippen LogP contribution in [0.5, 0.6) is 0 Å². The van der Waals surface area contributed by atoms with Crippen molar-refractivity contribution in [1.29, 1.82) is 0 Å². The molecule has 10 nitrogen and oxygen atoms in total. The van der Waals surface area contributed by atoms with Crippen LogP contribution in [0.1, 0.15) is 25.3 Å². The number of rotatable bonds is 12. The number of aliphatic hydroxyl groups excluding tert-OH is 1. The minimum atomic E-state index is -1.14. The van der Waals surface area contributed by atoms with Crippen molar-refractivity contribution in [1.82, 2.24) is 14.7 Å². The summed E-state index contributed by atoms with van der Waals surface area (Å²) in [7, 11) is 0. The Hall–Kier alpha value is -2.79. The van der Waals surface area contributed by atoms with Crippen molar-refractivity contribution < 1.29 is 33.7 Å². The topological polar surface area (TPSA) is 109 Å². The van der Waals surface area contributed by atoms with Crippen LogP contribution in [0.2, 0.25) is 0 Å². The molecule has 5 rings (SSSR count). The fraction of sp³-hybridized carbons (Fsp3) is 0.633. The maximum Gasteiger partial charge on any atom is 0.312 e. The smallest absolute Gasteiger partial charge is 0.312 e. The Balaban J connectivity index is 1.49. The largest absolute Gasteiger partial charge is 0.466 e. The molecule has 1 N–H and O–H groups in total. The quantitative estimate of drug-likeness (QED) is 0.299. The zero-order valence-corrected chi connectivity index (χ0v) is 23.3. The standard InChI is InChI=1S/C30H41N3O7/c1-3-12-32(14-13-31-15-17-38-18-16-31)28(36)26-30-11-10-23(40-30)24(29(37)39-4-2)25(30)27(35)33(26)22(20-34)19-21-8-6-5-7-9-21/h3,5-9,22-26,34H,1,4,10-20H2,2H3/t22-,23-,24+,25+,26?,30?/m1/s1. The SMILES string of the molecule is C=CCN(CCN1CCOCC1)C(=O)C1N([C@@H](CO)Cc2ccccc2)C(=O)[C@@H]2[C@@H](C(=O)OCC)[C@H]3CCC12O3. The Morgan fingerprint density at radius 3 is 2.70 bits per heavy atom. The molecule has 4 saturated heterocycles. The third-order valence-electron chi connectivity index (χ3n) is 8.90. The van der Waals surface area contributed by atoms with Gasteiger partial charge < -0.3 is 29.1 Å². The van der Waals surface area contributed by atoms with Crippen molar-refractivity contribution in [3.8, 4) is 0 Å². The molecule has 0 radical (unpaired) electrons. The second-order valence-corrected chi connectivity index (χ2v) is 11.1. The van der Waals surface area contributed by atoms with E-state index in [4.69, 9.17) is 14.2 Å². The normalized spacial score (nSPS) is 30.2. The zero-order chi connectivity index (χ0) is 28.3. The Kier molecular flexibility index (Phi) is 8.89. The number of carbonyl (C=O) groups is 3. The number of fused-ring (bicyclic) bond motifs is 1. The van der Waals surface area contributed by atoms with E-state index in [0.717, 1.165) is 18.7 Å². The lowest BCUT2D eigenvalue weighted by atomic mass is 9.70. The van der Waals surface area contributed by atoms with Gasteiger partial charge in [0.15, 0.2) is 0 Å². The average Bonchev–Trinajstić information content (AvgIpc) is 3.62. The van der Waals surface area contributed by atoms with Gasteiger partial charge in [0.1, 0.15) is 11.6 Å². The van der Waals surface area contributed by atoms with E-state index in [9.17, 15) is 19.5 Å². The van der Waals surface area contributed by atoms with Crippen LogP contribution in [0.3, 0.4) is 0 Å². The van der Waals surface area contributed by atoms with E-state index < -0.39 is 41.6 Å². The molecule has 40 heavy (non-hydrogen) atoms. The van der Waals surface area contributed by atoms with Crippen molar-refractivity contribution in [2.24, 2.45) is 11.8 Å². The van der Waals surface area contributed by atoms with Gasteiger partial charge in [-0.25, -0.2) is 0 Å². The van der Waals surface area contributed by atoms with Gasteiger partial charge >= 0.3 is 5.97 Å². The highest BCUT2D eigenvalue weighted by molar-refractivity contribution is 5.98. The van der Waals surface area contributed by atoms with E-state index >= 15 is 0 Å². The summed E-state index contributed by atoms with van der Waals surface area (Å²) in [5.74, 6) is -2.60. The first-order valence-electron chi connectivity index (χ1n) is 14.5. The molecule has 4 aliphatic rings. The lowest BCUT2D eigenvalue weighted by Gasteiger charge is -2.40. The number of esters is 1. The number of benzene rings is 1. The Bertz CT molecular complexity index is 1080. The molecule has 6 atom stereocenters. The molecule has 4 heterocycles. The molecule has 1 aromatic carbocycles. The van der Waals surface area contributed by atoms with Gasteiger partial charge in [-0.2, -0.15) is 0 Å². The minimum Gasteiger partial charge on any atom is -0.466 e. The number of likely N-dealkylation sites (tertiary alicyclic amines) is 1. The highest BCUT2D eigenvalue weighted by atomic mass is 16.6. The fourth-order valence-electron chi connectivity index (χ4n) is 7.11. The van der Waals surface area contributed by atoms with Gasteiger partial charge in [0, 0.05) is 32.7 Å². The number of hydrogen-bond donors (Lipinski definition) is 1. The maximum absolute atomic E-state index is 14.5. The lowest BCUT2D eigenvalue weighted by molar-refractivity contribution is -0.156. The van der Waals surface area contributed by atoms with Crippen molar-refractivity contribution in [3.63, 3.8) is 0 Å². The number of aliphatic hydroxyl groups is 1. The molecule has 10 heteroatoms. The number of amides is 2. The van der Waals surface area contributed by atoms with Crippen LogP contribution in [-0.4, -0.2) is 121 Å². The Labute approximate surface area is 235 Å². The predicted octanol–water partition coefficient (Wildman–Crippen LogP) is 0.875. The highest BCUT2D eigenvalue weighted by Gasteiger charge is 2.75. The molecule has 0 aromatic heterocycles. The summed E-state index contributed by atoms with van der Waals surface area (Å²) < 4.78 is 17.4. The number of nitrogens with zero attached hydrogens (tertiary/aromatic N) is 3. The second-order valence-electron chi connectivity index (χ2n) is 11.1. The minimum absolute atomic E-state index is 0.198. The van der Waals surface area contributed by atoms with Gasteiger partial charge in [-0.1, -0.05) is 36.4 Å². The molecule has 4 aliphatic heterocycles. The molecule has 2 bridgehead atoms. The van der Waals surface area contributed by atoms with Crippen molar-refractivity contribution in [2.45, 2.75) is 50.0 Å². The lowest BCUT2D eigenvalue weighted by Crippen LogP contribution is -2.59. The molecular weight excluding hydrogens is 514 g/mol. The van der Waals surface area contributed by atoms with E-state index in [1.165, 1.54) is 0 Å². The number of carbonyl (C=O) groups excluding carboxylic acids is 3. The molecule has 218 valence electrons. The zero-order valence-electron chi connectivity index (χ0n) is 23.3. The van der Waals surface area contributed by atoms with Crippen LogP contribution in [0, 0.1) is 11.8 Å². The van der Waals surface area contributed by atoms with Gasteiger partial charge in [0.2, 0.25) is 11.8 Å². The van der Waals surface area contributed by atoms with Crippen molar-refractivity contribution >= 4 is 17.8 Å². The molecular formula is C30H41N3O7. The first-order chi connectivity index (χ1) is 19.4. The summed E-state index contributed by atoms with van der Waals surface area (Å²) in [5.41, 5.74) is -0.198. The predicted molar refractivity (Wildman–Crippen MR) is 146 cm³/mol. The van der Waals surface area contributed by atoms with E-state index in [2.05, 4.69) is 11.5 Å². The van der Waals surface area contributed by atoms with E-state index in [1.54, 1.807) is 22.8 Å². The molecule has 1 spiro atoms. The monoisotopic (exact) mass is 555 g/mol. The van der Waals surface area contributed by atoms with Gasteiger partial charge in [0.25, 0.3) is 0 Å². The molecule has 4 fully saturated rings. The second kappa shape index (κ2) is 12.4. The van der Waals surface area contributed by atoms with Gasteiger partial charge in [0.05, 0.1) is 50.4 Å². The summed E-state index contributed by atoms with van der Waals surface area (Å²) in [6.45, 7) is 9.84. The van der Waals surface area contributed by atoms with Crippen LogP contribution < -0.4 is 0 Å². The Morgan fingerprint density at radius 1 is 1.27 bits per heavy atom. The summed E-state index contributed by atoms with van der Waals surface area (Å²) in [5, 5.41) is 10.6. The molecule has 0 aliphatic carbocycles. The fourth-order valence-corrected chi connectivity index (χ4v) is 7.11. The van der Waals surface area contributed by atoms with Gasteiger partial charge in [-0.3, -0.25) is 19.3 Å². The highest BCUT2D eigenvalue weighted by Crippen LogP contribution is 2.59. The van der Waals surface area contributed by atoms with Gasteiger partial charge in [-0.05, 0) is 31.7 Å². The summed E-state index contributed by atoms with van der Waals surface area (Å²) in [6, 6.07) is 7.99. The van der Waals surface area contributed by atoms with Crippen molar-refractivity contribution in [3.05, 3.63) is 48.6 Å².